The minimum absolute atomic E-state index is 0.113. The molecule has 0 unspecified atom stereocenters. The van der Waals surface area contributed by atoms with Crippen molar-refractivity contribution in [2.24, 2.45) is 0 Å². The molecule has 0 spiro atoms. The molecule has 0 aliphatic rings. The number of carbonyl (C=O) groups is 1. The first-order chi connectivity index (χ1) is 7.34. The Kier molecular flexibility index (Phi) is 2.73. The minimum Gasteiger partial charge on any atom is -0.314 e. The second-order valence-electron chi connectivity index (χ2n) is 3.05. The molecule has 0 atom stereocenters. The molecular formula is C10H10N4O. The van der Waals surface area contributed by atoms with Crippen molar-refractivity contribution in [3.63, 3.8) is 0 Å². The molecule has 0 saturated heterocycles. The number of H-pyrrole nitrogens is 1. The van der Waals surface area contributed by atoms with Gasteiger partial charge in [0.2, 0.25) is 11.9 Å². The van der Waals surface area contributed by atoms with Gasteiger partial charge in [-0.25, -0.2) is 0 Å². The van der Waals surface area contributed by atoms with Crippen LogP contribution in [0, 0.1) is 0 Å². The number of rotatable bonds is 3. The zero-order chi connectivity index (χ0) is 10.5. The van der Waals surface area contributed by atoms with E-state index in [0.29, 0.717) is 12.4 Å². The van der Waals surface area contributed by atoms with Crippen LogP contribution in [0.15, 0.2) is 36.7 Å². The van der Waals surface area contributed by atoms with Gasteiger partial charge in [-0.05, 0) is 5.56 Å². The molecule has 1 heterocycles. The molecule has 2 rings (SSSR count). The molecule has 15 heavy (non-hydrogen) atoms. The number of aromatic amines is 1. The molecule has 0 aliphatic carbocycles. The summed E-state index contributed by atoms with van der Waals surface area (Å²) >= 11 is 0. The number of aromatic nitrogens is 3. The molecule has 1 aromatic carbocycles. The number of nitrogens with zero attached hydrogens (tertiary/aromatic N) is 2. The van der Waals surface area contributed by atoms with Gasteiger partial charge in [-0.3, -0.25) is 10.1 Å². The Morgan fingerprint density at radius 3 is 2.80 bits per heavy atom. The van der Waals surface area contributed by atoms with Crippen LogP contribution in [0.4, 0.5) is 5.95 Å². The lowest BCUT2D eigenvalue weighted by molar-refractivity contribution is -0.115. The van der Waals surface area contributed by atoms with Crippen LogP contribution in [-0.4, -0.2) is 21.1 Å². The topological polar surface area (TPSA) is 70.7 Å². The number of carbonyl (C=O) groups excluding carboxylic acids is 1. The Balaban J connectivity index is 1.94. The van der Waals surface area contributed by atoms with Gasteiger partial charge in [0.15, 0.2) is 0 Å². The number of nitrogens with one attached hydrogen (secondary N) is 2. The van der Waals surface area contributed by atoms with E-state index in [4.69, 9.17) is 0 Å². The fraction of sp³-hybridized carbons (Fsp3) is 0.100. The highest BCUT2D eigenvalue weighted by Crippen LogP contribution is 2.01. The molecule has 0 bridgehead atoms. The zero-order valence-corrected chi connectivity index (χ0v) is 7.97. The van der Waals surface area contributed by atoms with Crippen LogP contribution in [0.25, 0.3) is 0 Å². The SMILES string of the molecule is O=C(Cc1ccccc1)Nc1nnc[nH]1. The molecule has 5 nitrogen and oxygen atoms in total. The second-order valence-corrected chi connectivity index (χ2v) is 3.05. The largest absolute Gasteiger partial charge is 0.314 e. The maximum Gasteiger partial charge on any atom is 0.231 e. The summed E-state index contributed by atoms with van der Waals surface area (Å²) in [6.07, 6.45) is 1.75. The van der Waals surface area contributed by atoms with Crippen LogP contribution in [0.2, 0.25) is 0 Å². The van der Waals surface area contributed by atoms with Crippen molar-refractivity contribution in [1.29, 1.82) is 0 Å². The summed E-state index contributed by atoms with van der Waals surface area (Å²) in [4.78, 5) is 14.2. The first kappa shape index (κ1) is 9.39. The zero-order valence-electron chi connectivity index (χ0n) is 7.97. The van der Waals surface area contributed by atoms with Gasteiger partial charge in [-0.1, -0.05) is 30.3 Å². The summed E-state index contributed by atoms with van der Waals surface area (Å²) in [7, 11) is 0. The van der Waals surface area contributed by atoms with Gasteiger partial charge in [0.25, 0.3) is 0 Å². The van der Waals surface area contributed by atoms with E-state index in [-0.39, 0.29) is 5.91 Å². The lowest BCUT2D eigenvalue weighted by atomic mass is 10.1. The van der Waals surface area contributed by atoms with E-state index in [1.807, 2.05) is 30.3 Å². The molecule has 0 radical (unpaired) electrons. The highest BCUT2D eigenvalue weighted by Gasteiger charge is 2.04. The fourth-order valence-electron chi connectivity index (χ4n) is 1.22. The first-order valence-corrected chi connectivity index (χ1v) is 4.54. The monoisotopic (exact) mass is 202 g/mol. The molecular weight excluding hydrogens is 192 g/mol. The molecule has 76 valence electrons. The highest BCUT2D eigenvalue weighted by atomic mass is 16.1. The Bertz CT molecular complexity index is 424. The van der Waals surface area contributed by atoms with E-state index in [2.05, 4.69) is 20.5 Å². The van der Waals surface area contributed by atoms with Gasteiger partial charge in [-0.2, -0.15) is 0 Å². The van der Waals surface area contributed by atoms with Crippen molar-refractivity contribution in [2.75, 3.05) is 5.32 Å². The van der Waals surface area contributed by atoms with Gasteiger partial charge in [0.05, 0.1) is 6.42 Å². The summed E-state index contributed by atoms with van der Waals surface area (Å²) < 4.78 is 0. The van der Waals surface area contributed by atoms with Crippen LogP contribution >= 0.6 is 0 Å². The normalized spacial score (nSPS) is 9.87. The molecule has 1 amide bonds. The lowest BCUT2D eigenvalue weighted by Gasteiger charge is -2.00. The average Bonchev–Trinajstić information content (AvgIpc) is 2.71. The fourth-order valence-corrected chi connectivity index (χ4v) is 1.22. The second kappa shape index (κ2) is 4.36. The van der Waals surface area contributed by atoms with Crippen molar-refractivity contribution in [3.8, 4) is 0 Å². The van der Waals surface area contributed by atoms with Gasteiger partial charge >= 0.3 is 0 Å². The van der Waals surface area contributed by atoms with Crippen molar-refractivity contribution < 1.29 is 4.79 Å². The van der Waals surface area contributed by atoms with Gasteiger partial charge in [0, 0.05) is 0 Å². The third kappa shape index (κ3) is 2.63. The summed E-state index contributed by atoms with van der Waals surface area (Å²) in [6, 6.07) is 9.52. The summed E-state index contributed by atoms with van der Waals surface area (Å²) in [5, 5.41) is 9.82. The summed E-state index contributed by atoms with van der Waals surface area (Å²) in [5.41, 5.74) is 0.967. The van der Waals surface area contributed by atoms with Crippen LogP contribution in [-0.2, 0) is 11.2 Å². The van der Waals surface area contributed by atoms with Crippen molar-refractivity contribution in [3.05, 3.63) is 42.2 Å². The minimum atomic E-state index is -0.113. The molecule has 2 aromatic rings. The van der Waals surface area contributed by atoms with Crippen LogP contribution < -0.4 is 5.32 Å². The molecule has 5 heteroatoms. The molecule has 0 fully saturated rings. The van der Waals surface area contributed by atoms with Gasteiger partial charge in [-0.15, -0.1) is 10.2 Å². The number of benzene rings is 1. The smallest absolute Gasteiger partial charge is 0.231 e. The number of anilines is 1. The van der Waals surface area contributed by atoms with Crippen molar-refractivity contribution in [2.45, 2.75) is 6.42 Å². The number of hydrogen-bond acceptors (Lipinski definition) is 3. The molecule has 0 saturated carbocycles. The van der Waals surface area contributed by atoms with E-state index in [1.54, 1.807) is 0 Å². The van der Waals surface area contributed by atoms with E-state index in [9.17, 15) is 4.79 Å². The third-order valence-corrected chi connectivity index (χ3v) is 1.88. The van der Waals surface area contributed by atoms with E-state index < -0.39 is 0 Å². The van der Waals surface area contributed by atoms with Crippen LogP contribution in [0.3, 0.4) is 0 Å². The number of amides is 1. The maximum atomic E-state index is 11.5. The van der Waals surface area contributed by atoms with Crippen molar-refractivity contribution >= 4 is 11.9 Å². The summed E-state index contributed by atoms with van der Waals surface area (Å²) in [5.74, 6) is 0.258. The maximum absolute atomic E-state index is 11.5. The molecule has 2 N–H and O–H groups in total. The van der Waals surface area contributed by atoms with Crippen molar-refractivity contribution in [1.82, 2.24) is 15.2 Å². The Labute approximate surface area is 86.5 Å². The first-order valence-electron chi connectivity index (χ1n) is 4.54. The Morgan fingerprint density at radius 2 is 2.13 bits per heavy atom. The van der Waals surface area contributed by atoms with Crippen LogP contribution in [0.1, 0.15) is 5.56 Å². The predicted molar refractivity (Wildman–Crippen MR) is 55.2 cm³/mol. The quantitative estimate of drug-likeness (QED) is 0.779. The Hall–Kier alpha value is -2.17. The Morgan fingerprint density at radius 1 is 1.33 bits per heavy atom. The van der Waals surface area contributed by atoms with E-state index in [0.717, 1.165) is 5.56 Å². The van der Waals surface area contributed by atoms with Crippen LogP contribution in [0.5, 0.6) is 0 Å². The standard InChI is InChI=1S/C10H10N4O/c15-9(13-10-11-7-12-14-10)6-8-4-2-1-3-5-8/h1-5,7H,6H2,(H2,11,12,13,14,15). The average molecular weight is 202 g/mol. The third-order valence-electron chi connectivity index (χ3n) is 1.88. The summed E-state index contributed by atoms with van der Waals surface area (Å²) in [6.45, 7) is 0. The van der Waals surface area contributed by atoms with E-state index >= 15 is 0 Å². The van der Waals surface area contributed by atoms with Gasteiger partial charge < -0.3 is 4.98 Å². The predicted octanol–water partition coefficient (Wildman–Crippen LogP) is 0.986. The lowest BCUT2D eigenvalue weighted by Crippen LogP contribution is -2.15. The molecule has 0 aliphatic heterocycles. The number of hydrogen-bond donors (Lipinski definition) is 2. The van der Waals surface area contributed by atoms with Gasteiger partial charge in [0.1, 0.15) is 6.33 Å². The molecule has 1 aromatic heterocycles. The highest BCUT2D eigenvalue weighted by molar-refractivity contribution is 5.90. The van der Waals surface area contributed by atoms with E-state index in [1.165, 1.54) is 6.33 Å².